The summed E-state index contributed by atoms with van der Waals surface area (Å²) in [6, 6.07) is 24.4. The Morgan fingerprint density at radius 3 is 2.50 bits per heavy atom. The standard InChI is InChI=1S/C34H35ClN6O3/c1-5-39-21-40(19-23-14-16-26(44-4)17-15-23)31-30(33(39)43)34(3,37-20-36-31)38-22(2)28-18-24-10-9-13-27(35)29(24)32(42)41(28)25-11-7-6-8-12-25/h6-18,20,22,38H,5,19,21H2,1-4H3,(H,36,37). The van der Waals surface area contributed by atoms with E-state index in [1.54, 1.807) is 24.1 Å². The molecule has 6 rings (SSSR count). The summed E-state index contributed by atoms with van der Waals surface area (Å²) in [6.07, 6.45) is 1.64. The number of nitrogens with one attached hydrogen (secondary N) is 2. The molecule has 2 aliphatic heterocycles. The van der Waals surface area contributed by atoms with Crippen LogP contribution in [-0.2, 0) is 11.3 Å². The molecule has 0 saturated carbocycles. The van der Waals surface area contributed by atoms with Gasteiger partial charge in [-0.25, -0.2) is 4.99 Å². The SMILES string of the molecule is CCN1CN(Cc2ccc(OC)cc2)C2=C(C1=O)C(C)(NC(C)c1cc3cccc(Cl)c3c(=O)n1-c1ccccc1)N=CN2. The van der Waals surface area contributed by atoms with Gasteiger partial charge in [-0.3, -0.25) is 19.5 Å². The molecule has 2 unspecified atom stereocenters. The predicted molar refractivity (Wildman–Crippen MR) is 174 cm³/mol. The van der Waals surface area contributed by atoms with Crippen LogP contribution in [0.15, 0.2) is 100 Å². The number of hydrogen-bond donors (Lipinski definition) is 2. The summed E-state index contributed by atoms with van der Waals surface area (Å²) in [5.41, 5.74) is 1.74. The highest BCUT2D eigenvalue weighted by molar-refractivity contribution is 6.35. The number of aromatic nitrogens is 1. The van der Waals surface area contributed by atoms with Crippen LogP contribution in [0, 0.1) is 0 Å². The van der Waals surface area contributed by atoms with Crippen LogP contribution in [0.25, 0.3) is 16.5 Å². The van der Waals surface area contributed by atoms with Crippen LogP contribution in [0.1, 0.15) is 38.1 Å². The Hall–Kier alpha value is -4.60. The van der Waals surface area contributed by atoms with Crippen LogP contribution >= 0.6 is 11.6 Å². The molecule has 226 valence electrons. The van der Waals surface area contributed by atoms with Crippen molar-refractivity contribution in [3.63, 3.8) is 0 Å². The number of ether oxygens (including phenoxy) is 1. The highest BCUT2D eigenvalue weighted by Gasteiger charge is 2.45. The van der Waals surface area contributed by atoms with E-state index in [0.29, 0.717) is 41.6 Å². The lowest BCUT2D eigenvalue weighted by molar-refractivity contribution is -0.131. The lowest BCUT2D eigenvalue weighted by Gasteiger charge is -2.45. The Kier molecular flexibility index (Phi) is 7.92. The van der Waals surface area contributed by atoms with Gasteiger partial charge in [0.2, 0.25) is 0 Å². The molecule has 0 spiro atoms. The number of para-hydroxylation sites is 1. The van der Waals surface area contributed by atoms with Crippen molar-refractivity contribution in [1.29, 1.82) is 0 Å². The minimum Gasteiger partial charge on any atom is -0.497 e. The molecule has 3 heterocycles. The second kappa shape index (κ2) is 11.8. The maximum atomic E-state index is 14.0. The van der Waals surface area contributed by atoms with Crippen LogP contribution in [0.3, 0.4) is 0 Å². The molecule has 2 N–H and O–H groups in total. The van der Waals surface area contributed by atoms with Crippen LogP contribution in [0.4, 0.5) is 0 Å². The highest BCUT2D eigenvalue weighted by Crippen LogP contribution is 2.34. The Labute approximate surface area is 261 Å². The zero-order chi connectivity index (χ0) is 31.0. The van der Waals surface area contributed by atoms with Gasteiger partial charge in [0, 0.05) is 30.5 Å². The van der Waals surface area contributed by atoms with Crippen LogP contribution in [0.5, 0.6) is 5.75 Å². The summed E-state index contributed by atoms with van der Waals surface area (Å²) >= 11 is 6.52. The molecule has 0 bridgehead atoms. The first-order valence-electron chi connectivity index (χ1n) is 14.6. The fourth-order valence-corrected chi connectivity index (χ4v) is 6.34. The van der Waals surface area contributed by atoms with Crippen LogP contribution in [0.2, 0.25) is 5.02 Å². The number of fused-ring (bicyclic) bond motifs is 1. The smallest absolute Gasteiger partial charge is 0.264 e. The van der Waals surface area contributed by atoms with Gasteiger partial charge in [-0.1, -0.05) is 54.1 Å². The summed E-state index contributed by atoms with van der Waals surface area (Å²) < 4.78 is 7.01. The van der Waals surface area contributed by atoms with E-state index in [1.807, 2.05) is 98.5 Å². The maximum absolute atomic E-state index is 14.0. The lowest BCUT2D eigenvalue weighted by Crippen LogP contribution is -2.59. The van der Waals surface area contributed by atoms with Gasteiger partial charge < -0.3 is 19.9 Å². The number of halogens is 1. The molecule has 2 aliphatic rings. The lowest BCUT2D eigenvalue weighted by atomic mass is 9.95. The first kappa shape index (κ1) is 29.5. The minimum absolute atomic E-state index is 0.0919. The zero-order valence-corrected chi connectivity index (χ0v) is 25.9. The normalized spacial score (nSPS) is 18.8. The fraction of sp³-hybridized carbons (Fsp3) is 0.265. The topological polar surface area (TPSA) is 91.2 Å². The number of aliphatic imine (C=N–C) groups is 1. The third-order valence-electron chi connectivity index (χ3n) is 8.30. The van der Waals surface area contributed by atoms with Crippen molar-refractivity contribution in [2.45, 2.75) is 39.0 Å². The van der Waals surface area contributed by atoms with Crippen LogP contribution < -0.4 is 20.9 Å². The molecule has 10 heteroatoms. The van der Waals surface area contributed by atoms with E-state index in [0.717, 1.165) is 28.1 Å². The second-order valence-electron chi connectivity index (χ2n) is 11.2. The first-order valence-corrected chi connectivity index (χ1v) is 15.0. The monoisotopic (exact) mass is 610 g/mol. The van der Waals surface area contributed by atoms with E-state index in [2.05, 4.69) is 15.5 Å². The predicted octanol–water partition coefficient (Wildman–Crippen LogP) is 5.18. The van der Waals surface area contributed by atoms with Gasteiger partial charge in [0.05, 0.1) is 36.1 Å². The van der Waals surface area contributed by atoms with E-state index in [-0.39, 0.29) is 11.5 Å². The number of amides is 1. The van der Waals surface area contributed by atoms with Crippen molar-refractivity contribution >= 4 is 34.6 Å². The van der Waals surface area contributed by atoms with Gasteiger partial charge in [0.1, 0.15) is 17.2 Å². The number of methoxy groups -OCH3 is 1. The summed E-state index contributed by atoms with van der Waals surface area (Å²) in [5.74, 6) is 1.40. The molecule has 0 radical (unpaired) electrons. The van der Waals surface area contributed by atoms with Gasteiger partial charge in [0.25, 0.3) is 11.5 Å². The van der Waals surface area contributed by atoms with Crippen molar-refractivity contribution in [3.8, 4) is 11.4 Å². The molecule has 4 aromatic rings. The number of carbonyl (C=O) groups is 1. The van der Waals surface area contributed by atoms with E-state index in [9.17, 15) is 9.59 Å². The van der Waals surface area contributed by atoms with Gasteiger partial charge in [-0.05, 0) is 68.1 Å². The van der Waals surface area contributed by atoms with Gasteiger partial charge in [-0.2, -0.15) is 0 Å². The van der Waals surface area contributed by atoms with Gasteiger partial charge in [0.15, 0.2) is 0 Å². The van der Waals surface area contributed by atoms with Gasteiger partial charge in [-0.15, -0.1) is 0 Å². The number of carbonyl (C=O) groups excluding carboxylic acids is 1. The Morgan fingerprint density at radius 2 is 1.80 bits per heavy atom. The highest BCUT2D eigenvalue weighted by atomic mass is 35.5. The van der Waals surface area contributed by atoms with Crippen molar-refractivity contribution in [1.82, 2.24) is 25.0 Å². The second-order valence-corrected chi connectivity index (χ2v) is 11.6. The third kappa shape index (κ3) is 5.22. The minimum atomic E-state index is -1.09. The molecular weight excluding hydrogens is 576 g/mol. The van der Waals surface area contributed by atoms with E-state index >= 15 is 0 Å². The number of pyridine rings is 1. The summed E-state index contributed by atoms with van der Waals surface area (Å²) in [5, 5.41) is 8.49. The number of nitrogens with zero attached hydrogens (tertiary/aromatic N) is 4. The van der Waals surface area contributed by atoms with E-state index < -0.39 is 11.7 Å². The average molecular weight is 611 g/mol. The molecule has 44 heavy (non-hydrogen) atoms. The number of hydrogen-bond acceptors (Lipinski definition) is 7. The first-order chi connectivity index (χ1) is 21.2. The maximum Gasteiger partial charge on any atom is 0.264 e. The molecule has 0 saturated heterocycles. The van der Waals surface area contributed by atoms with Crippen molar-refractivity contribution in [2.75, 3.05) is 20.3 Å². The Morgan fingerprint density at radius 1 is 1.05 bits per heavy atom. The van der Waals surface area contributed by atoms with Gasteiger partial charge >= 0.3 is 0 Å². The third-order valence-corrected chi connectivity index (χ3v) is 8.62. The molecule has 3 aromatic carbocycles. The molecule has 2 atom stereocenters. The number of benzene rings is 3. The molecule has 0 aliphatic carbocycles. The molecule has 1 aromatic heterocycles. The number of likely N-dealkylation sites (N-methyl/N-ethyl adjacent to an activating group) is 1. The average Bonchev–Trinajstić information content (AvgIpc) is 3.02. The van der Waals surface area contributed by atoms with Crippen molar-refractivity contribution < 1.29 is 9.53 Å². The molecule has 0 fully saturated rings. The Balaban J connectivity index is 1.42. The summed E-state index contributed by atoms with van der Waals surface area (Å²) in [4.78, 5) is 36.7. The largest absolute Gasteiger partial charge is 0.497 e. The van der Waals surface area contributed by atoms with Crippen molar-refractivity contribution in [3.05, 3.63) is 117 Å². The molecule has 9 nitrogen and oxygen atoms in total. The zero-order valence-electron chi connectivity index (χ0n) is 25.2. The van der Waals surface area contributed by atoms with Crippen LogP contribution in [-0.4, -0.2) is 52.6 Å². The Bertz CT molecular complexity index is 1840. The summed E-state index contributed by atoms with van der Waals surface area (Å²) in [7, 11) is 1.65. The summed E-state index contributed by atoms with van der Waals surface area (Å²) in [6.45, 7) is 7.42. The fourth-order valence-electron chi connectivity index (χ4n) is 6.08. The van der Waals surface area contributed by atoms with Crippen molar-refractivity contribution in [2.24, 2.45) is 4.99 Å². The number of rotatable bonds is 8. The van der Waals surface area contributed by atoms with E-state index in [1.165, 1.54) is 0 Å². The van der Waals surface area contributed by atoms with E-state index in [4.69, 9.17) is 21.3 Å². The molecular formula is C34H35ClN6O3. The molecule has 1 amide bonds. The quantitative estimate of drug-likeness (QED) is 0.286.